The van der Waals surface area contributed by atoms with Crippen LogP contribution in [0.1, 0.15) is 37.3 Å². The van der Waals surface area contributed by atoms with E-state index < -0.39 is 0 Å². The van der Waals surface area contributed by atoms with Gasteiger partial charge in [0, 0.05) is 42.5 Å². The zero-order chi connectivity index (χ0) is 24.5. The summed E-state index contributed by atoms with van der Waals surface area (Å²) in [7, 11) is 0. The molecule has 2 N–H and O–H groups in total. The summed E-state index contributed by atoms with van der Waals surface area (Å²) < 4.78 is 0. The first kappa shape index (κ1) is 22.8. The van der Waals surface area contributed by atoms with Gasteiger partial charge in [-0.3, -0.25) is 9.59 Å². The fourth-order valence-electron chi connectivity index (χ4n) is 4.31. The molecule has 2 aliphatic rings. The van der Waals surface area contributed by atoms with E-state index in [1.807, 2.05) is 32.0 Å². The first-order valence-electron chi connectivity index (χ1n) is 12.1. The predicted octanol–water partition coefficient (Wildman–Crippen LogP) is 5.08. The lowest BCUT2D eigenvalue weighted by Gasteiger charge is -2.25. The van der Waals surface area contributed by atoms with Crippen molar-refractivity contribution in [1.82, 2.24) is 9.97 Å². The Morgan fingerprint density at radius 2 is 1.89 bits per heavy atom. The maximum Gasteiger partial charge on any atom is 0.229 e. The molecule has 5 rings (SSSR count). The summed E-state index contributed by atoms with van der Waals surface area (Å²) in [6.07, 6.45) is 4.06. The Hall–Kier alpha value is -3.94. The third kappa shape index (κ3) is 4.82. The number of hydrogen-bond acceptors (Lipinski definition) is 6. The molecule has 0 bridgehead atoms. The van der Waals surface area contributed by atoms with Crippen LogP contribution in [0.2, 0.25) is 0 Å². The monoisotopic (exact) mass is 470 g/mol. The number of nitrogens with zero attached hydrogens (tertiary/aromatic N) is 4. The van der Waals surface area contributed by atoms with Gasteiger partial charge < -0.3 is 20.4 Å². The average molecular weight is 471 g/mol. The molecule has 2 aromatic carbocycles. The summed E-state index contributed by atoms with van der Waals surface area (Å²) >= 11 is 0. The van der Waals surface area contributed by atoms with Crippen molar-refractivity contribution in [3.8, 4) is 0 Å². The number of aromatic nitrogens is 2. The van der Waals surface area contributed by atoms with Crippen molar-refractivity contribution in [3.63, 3.8) is 0 Å². The van der Waals surface area contributed by atoms with Gasteiger partial charge in [-0.2, -0.15) is 4.98 Å². The number of rotatable bonds is 6. The fraction of sp³-hybridized carbons (Fsp3) is 0.333. The van der Waals surface area contributed by atoms with Gasteiger partial charge in [0.05, 0.1) is 6.20 Å². The van der Waals surface area contributed by atoms with E-state index in [2.05, 4.69) is 51.7 Å². The zero-order valence-corrected chi connectivity index (χ0v) is 20.3. The topological polar surface area (TPSA) is 90.5 Å². The summed E-state index contributed by atoms with van der Waals surface area (Å²) in [5, 5.41) is 6.30. The van der Waals surface area contributed by atoms with Crippen LogP contribution in [-0.4, -0.2) is 34.9 Å². The van der Waals surface area contributed by atoms with Crippen molar-refractivity contribution >= 4 is 46.3 Å². The van der Waals surface area contributed by atoms with Crippen molar-refractivity contribution in [3.05, 3.63) is 59.8 Å². The van der Waals surface area contributed by atoms with Crippen molar-refractivity contribution in [2.24, 2.45) is 5.92 Å². The third-order valence-corrected chi connectivity index (χ3v) is 6.50. The maximum absolute atomic E-state index is 12.8. The van der Waals surface area contributed by atoms with Crippen LogP contribution in [0, 0.1) is 19.8 Å². The van der Waals surface area contributed by atoms with Crippen LogP contribution in [0.15, 0.2) is 48.7 Å². The summed E-state index contributed by atoms with van der Waals surface area (Å²) in [6, 6.07) is 14.0. The smallest absolute Gasteiger partial charge is 0.229 e. The summed E-state index contributed by atoms with van der Waals surface area (Å²) in [5.74, 6) is 1.46. The van der Waals surface area contributed by atoms with Crippen molar-refractivity contribution < 1.29 is 9.59 Å². The maximum atomic E-state index is 12.8. The molecule has 8 heteroatoms. The van der Waals surface area contributed by atoms with Gasteiger partial charge in [-0.05, 0) is 69.5 Å². The molecule has 8 nitrogen and oxygen atoms in total. The molecule has 0 atom stereocenters. The molecule has 2 heterocycles. The molecule has 1 saturated carbocycles. The second-order valence-electron chi connectivity index (χ2n) is 9.20. The Labute approximate surface area is 205 Å². The summed E-state index contributed by atoms with van der Waals surface area (Å²) in [5.41, 5.74) is 5.47. The van der Waals surface area contributed by atoms with Gasteiger partial charge in [0.1, 0.15) is 5.69 Å². The molecule has 0 saturated heterocycles. The Morgan fingerprint density at radius 3 is 2.57 bits per heavy atom. The molecule has 1 aromatic heterocycles. The van der Waals surface area contributed by atoms with Crippen LogP contribution in [0.3, 0.4) is 0 Å². The number of amides is 2. The second-order valence-corrected chi connectivity index (χ2v) is 9.20. The lowest BCUT2D eigenvalue weighted by Crippen LogP contribution is -2.30. The highest BCUT2D eigenvalue weighted by Crippen LogP contribution is 2.37. The normalized spacial score (nSPS) is 15.5. The number of hydrogen-bond donors (Lipinski definition) is 2. The molecule has 0 radical (unpaired) electrons. The van der Waals surface area contributed by atoms with Crippen molar-refractivity contribution in [2.75, 3.05) is 33.5 Å². The van der Waals surface area contributed by atoms with Gasteiger partial charge in [-0.15, -0.1) is 0 Å². The highest BCUT2D eigenvalue weighted by Gasteiger charge is 2.30. The Bertz CT molecular complexity index is 1270. The lowest BCUT2D eigenvalue weighted by atomic mass is 10.1. The molecule has 180 valence electrons. The van der Waals surface area contributed by atoms with Gasteiger partial charge in [0.2, 0.25) is 17.8 Å². The van der Waals surface area contributed by atoms with E-state index in [0.717, 1.165) is 35.5 Å². The molecule has 3 aromatic rings. The number of fused-ring (bicyclic) bond motifs is 1. The van der Waals surface area contributed by atoms with E-state index in [1.165, 1.54) is 5.56 Å². The lowest BCUT2D eigenvalue weighted by molar-refractivity contribution is -0.118. The van der Waals surface area contributed by atoms with Crippen LogP contribution in [0.5, 0.6) is 0 Å². The number of aryl methyl sites for hydroxylation is 2. The third-order valence-electron chi connectivity index (χ3n) is 6.50. The van der Waals surface area contributed by atoms with Gasteiger partial charge in [-0.25, -0.2) is 4.98 Å². The summed E-state index contributed by atoms with van der Waals surface area (Å²) in [4.78, 5) is 38.1. The standard InChI is InChI=1S/C27H30N6O2/c1-4-32-23-16-28-27(29-20-9-12-22(18(3)15-20)30-26(35)19-7-8-19)31-25(23)33(14-13-24(32)34)21-10-5-17(2)6-11-21/h5-6,9-12,15-16,19H,4,7-8,13-14H2,1-3H3,(H,30,35)(H,28,29,31). The largest absolute Gasteiger partial charge is 0.326 e. The second kappa shape index (κ2) is 9.37. The van der Waals surface area contributed by atoms with Crippen LogP contribution in [-0.2, 0) is 9.59 Å². The number of carbonyl (C=O) groups is 2. The number of carbonyl (C=O) groups excluding carboxylic acids is 2. The SMILES string of the molecule is CCN1C(=O)CCN(c2ccc(C)cc2)c2nc(Nc3ccc(NC(=O)C4CC4)c(C)c3)ncc21. The molecular weight excluding hydrogens is 440 g/mol. The molecule has 1 aliphatic heterocycles. The van der Waals surface area contributed by atoms with Crippen molar-refractivity contribution in [2.45, 2.75) is 40.0 Å². The van der Waals surface area contributed by atoms with E-state index in [4.69, 9.17) is 4.98 Å². The van der Waals surface area contributed by atoms with Gasteiger partial charge in [0.25, 0.3) is 0 Å². The first-order chi connectivity index (χ1) is 16.9. The molecular formula is C27H30N6O2. The Kier molecular flexibility index (Phi) is 6.11. The van der Waals surface area contributed by atoms with E-state index >= 15 is 0 Å². The Balaban J connectivity index is 1.45. The van der Waals surface area contributed by atoms with Crippen LogP contribution in [0.25, 0.3) is 0 Å². The quantitative estimate of drug-likeness (QED) is 0.522. The van der Waals surface area contributed by atoms with Crippen LogP contribution in [0.4, 0.5) is 34.5 Å². The number of benzene rings is 2. The minimum Gasteiger partial charge on any atom is -0.326 e. The Morgan fingerprint density at radius 1 is 1.11 bits per heavy atom. The number of anilines is 6. The first-order valence-corrected chi connectivity index (χ1v) is 12.1. The molecule has 1 aliphatic carbocycles. The van der Waals surface area contributed by atoms with E-state index in [1.54, 1.807) is 11.1 Å². The van der Waals surface area contributed by atoms with E-state index in [-0.39, 0.29) is 17.7 Å². The average Bonchev–Trinajstić information content (AvgIpc) is 3.70. The predicted molar refractivity (Wildman–Crippen MR) is 139 cm³/mol. The van der Waals surface area contributed by atoms with Crippen molar-refractivity contribution in [1.29, 1.82) is 0 Å². The highest BCUT2D eigenvalue weighted by atomic mass is 16.2. The minimum atomic E-state index is 0.0622. The van der Waals surface area contributed by atoms with E-state index in [9.17, 15) is 9.59 Å². The van der Waals surface area contributed by atoms with Gasteiger partial charge in [0.15, 0.2) is 5.82 Å². The molecule has 1 fully saturated rings. The fourth-order valence-corrected chi connectivity index (χ4v) is 4.31. The van der Waals surface area contributed by atoms with Crippen LogP contribution < -0.4 is 20.4 Å². The van der Waals surface area contributed by atoms with Crippen LogP contribution >= 0.6 is 0 Å². The number of nitrogens with one attached hydrogen (secondary N) is 2. The van der Waals surface area contributed by atoms with E-state index in [0.29, 0.717) is 37.0 Å². The van der Waals surface area contributed by atoms with Gasteiger partial charge in [-0.1, -0.05) is 17.7 Å². The van der Waals surface area contributed by atoms with Gasteiger partial charge >= 0.3 is 0 Å². The molecule has 0 unspecified atom stereocenters. The highest BCUT2D eigenvalue weighted by molar-refractivity contribution is 5.99. The molecule has 0 spiro atoms. The summed E-state index contributed by atoms with van der Waals surface area (Å²) in [6.45, 7) is 7.07. The molecule has 2 amide bonds. The zero-order valence-electron chi connectivity index (χ0n) is 20.3. The molecule has 35 heavy (non-hydrogen) atoms. The minimum absolute atomic E-state index is 0.0622.